The first kappa shape index (κ1) is 9.87. The topological polar surface area (TPSA) is 9.23 Å². The second-order valence-corrected chi connectivity index (χ2v) is 5.24. The highest BCUT2D eigenvalue weighted by atomic mass is 32.2. The number of aryl methyl sites for hydroxylation is 1. The zero-order chi connectivity index (χ0) is 10.1. The van der Waals surface area contributed by atoms with Gasteiger partial charge in [0.2, 0.25) is 0 Å². The van der Waals surface area contributed by atoms with Crippen LogP contribution in [0.15, 0.2) is 23.1 Å². The second-order valence-electron chi connectivity index (χ2n) is 3.10. The van der Waals surface area contributed by atoms with Crippen LogP contribution < -0.4 is 4.74 Å². The molecular formula is C11H12OS2. The second kappa shape index (κ2) is 3.83. The van der Waals surface area contributed by atoms with E-state index >= 15 is 0 Å². The molecule has 0 radical (unpaired) electrons. The summed E-state index contributed by atoms with van der Waals surface area (Å²) in [5.41, 5.74) is 0. The van der Waals surface area contributed by atoms with Crippen molar-refractivity contribution in [3.05, 3.63) is 23.1 Å². The van der Waals surface area contributed by atoms with Crippen molar-refractivity contribution >= 4 is 33.2 Å². The summed E-state index contributed by atoms with van der Waals surface area (Å²) in [5.74, 6) is 0.975. The molecule has 2 aromatic rings. The molecule has 2 rings (SSSR count). The van der Waals surface area contributed by atoms with Crippen molar-refractivity contribution < 1.29 is 4.74 Å². The number of thioether (sulfide) groups is 1. The van der Waals surface area contributed by atoms with Crippen molar-refractivity contribution in [2.45, 2.75) is 11.8 Å². The predicted octanol–water partition coefficient (Wildman–Crippen LogP) is 3.94. The van der Waals surface area contributed by atoms with Gasteiger partial charge in [-0.25, -0.2) is 0 Å². The number of benzene rings is 1. The van der Waals surface area contributed by atoms with Gasteiger partial charge in [-0.15, -0.1) is 23.1 Å². The minimum absolute atomic E-state index is 0.975. The third-order valence-electron chi connectivity index (χ3n) is 2.15. The molecule has 14 heavy (non-hydrogen) atoms. The average molecular weight is 224 g/mol. The Kier molecular flexibility index (Phi) is 2.70. The Morgan fingerprint density at radius 2 is 2.07 bits per heavy atom. The number of hydrogen-bond donors (Lipinski definition) is 0. The highest BCUT2D eigenvalue weighted by molar-refractivity contribution is 7.98. The van der Waals surface area contributed by atoms with Crippen LogP contribution >= 0.6 is 23.1 Å². The van der Waals surface area contributed by atoms with Crippen molar-refractivity contribution in [1.82, 2.24) is 0 Å². The van der Waals surface area contributed by atoms with E-state index in [4.69, 9.17) is 4.74 Å². The van der Waals surface area contributed by atoms with E-state index in [2.05, 4.69) is 31.4 Å². The lowest BCUT2D eigenvalue weighted by atomic mass is 10.2. The van der Waals surface area contributed by atoms with Crippen LogP contribution in [0.5, 0.6) is 5.75 Å². The van der Waals surface area contributed by atoms with E-state index in [-0.39, 0.29) is 0 Å². The van der Waals surface area contributed by atoms with Crippen molar-refractivity contribution in [2.24, 2.45) is 0 Å². The van der Waals surface area contributed by atoms with Crippen LogP contribution in [0.2, 0.25) is 0 Å². The van der Waals surface area contributed by atoms with Gasteiger partial charge in [0.15, 0.2) is 0 Å². The fraction of sp³-hybridized carbons (Fsp3) is 0.273. The molecule has 3 heteroatoms. The molecule has 0 saturated carbocycles. The van der Waals surface area contributed by atoms with E-state index in [1.54, 1.807) is 18.9 Å². The van der Waals surface area contributed by atoms with Crippen molar-refractivity contribution in [1.29, 1.82) is 0 Å². The SMILES string of the molecule is COc1cc2cc(C)sc2cc1SC. The molecule has 0 saturated heterocycles. The number of methoxy groups -OCH3 is 1. The molecule has 0 bridgehead atoms. The highest BCUT2D eigenvalue weighted by Gasteiger charge is 2.06. The summed E-state index contributed by atoms with van der Waals surface area (Å²) in [6, 6.07) is 6.52. The zero-order valence-corrected chi connectivity index (χ0v) is 10.1. The van der Waals surface area contributed by atoms with E-state index in [9.17, 15) is 0 Å². The maximum absolute atomic E-state index is 5.34. The Labute approximate surface area is 92.1 Å². The Hall–Kier alpha value is -0.670. The molecule has 1 aromatic heterocycles. The van der Waals surface area contributed by atoms with Gasteiger partial charge in [0, 0.05) is 9.58 Å². The lowest BCUT2D eigenvalue weighted by Crippen LogP contribution is -1.84. The van der Waals surface area contributed by atoms with Gasteiger partial charge in [-0.2, -0.15) is 0 Å². The number of ether oxygens (including phenoxy) is 1. The maximum Gasteiger partial charge on any atom is 0.133 e. The number of hydrogen-bond acceptors (Lipinski definition) is 3. The molecule has 0 aliphatic carbocycles. The molecule has 1 heterocycles. The molecule has 0 unspecified atom stereocenters. The van der Waals surface area contributed by atoms with Gasteiger partial charge in [-0.1, -0.05) is 0 Å². The van der Waals surface area contributed by atoms with Crippen LogP contribution in [0.3, 0.4) is 0 Å². The molecule has 0 aliphatic rings. The Bertz CT molecular complexity index is 419. The fourth-order valence-corrected chi connectivity index (χ4v) is 3.10. The molecule has 0 N–H and O–H groups in total. The van der Waals surface area contributed by atoms with Crippen LogP contribution in [0, 0.1) is 6.92 Å². The van der Waals surface area contributed by atoms with Crippen LogP contribution in [0.25, 0.3) is 10.1 Å². The highest BCUT2D eigenvalue weighted by Crippen LogP contribution is 2.35. The van der Waals surface area contributed by atoms with E-state index in [0.29, 0.717) is 0 Å². The fourth-order valence-electron chi connectivity index (χ4n) is 1.50. The van der Waals surface area contributed by atoms with E-state index in [1.165, 1.54) is 19.9 Å². The van der Waals surface area contributed by atoms with Gasteiger partial charge in [0.05, 0.1) is 12.0 Å². The molecule has 0 aliphatic heterocycles. The standard InChI is InChI=1S/C11H12OS2/c1-7-4-8-5-9(12-2)11(13-3)6-10(8)14-7/h4-6H,1-3H3. The first-order chi connectivity index (χ1) is 6.74. The Morgan fingerprint density at radius 3 is 2.71 bits per heavy atom. The maximum atomic E-state index is 5.34. The van der Waals surface area contributed by atoms with Gasteiger partial charge in [-0.05, 0) is 36.8 Å². The van der Waals surface area contributed by atoms with Gasteiger partial charge in [0.25, 0.3) is 0 Å². The zero-order valence-electron chi connectivity index (χ0n) is 8.46. The predicted molar refractivity (Wildman–Crippen MR) is 64.9 cm³/mol. The van der Waals surface area contributed by atoms with Gasteiger partial charge in [0.1, 0.15) is 5.75 Å². The van der Waals surface area contributed by atoms with Crippen molar-refractivity contribution in [3.63, 3.8) is 0 Å². The summed E-state index contributed by atoms with van der Waals surface area (Å²) in [6.45, 7) is 2.13. The van der Waals surface area contributed by atoms with Gasteiger partial charge in [-0.3, -0.25) is 0 Å². The van der Waals surface area contributed by atoms with Gasteiger partial charge >= 0.3 is 0 Å². The third-order valence-corrected chi connectivity index (χ3v) is 3.92. The Morgan fingerprint density at radius 1 is 1.29 bits per heavy atom. The first-order valence-corrected chi connectivity index (χ1v) is 6.41. The lowest BCUT2D eigenvalue weighted by molar-refractivity contribution is 0.405. The monoisotopic (exact) mass is 224 g/mol. The molecule has 74 valence electrons. The normalized spacial score (nSPS) is 10.8. The van der Waals surface area contributed by atoms with Crippen LogP contribution in [-0.2, 0) is 0 Å². The quantitative estimate of drug-likeness (QED) is 0.715. The number of fused-ring (bicyclic) bond motifs is 1. The van der Waals surface area contributed by atoms with E-state index in [0.717, 1.165) is 5.75 Å². The summed E-state index contributed by atoms with van der Waals surface area (Å²) < 4.78 is 6.68. The molecule has 0 fully saturated rings. The van der Waals surface area contributed by atoms with Crippen LogP contribution in [0.1, 0.15) is 4.88 Å². The molecule has 0 atom stereocenters. The summed E-state index contributed by atoms with van der Waals surface area (Å²) in [6.07, 6.45) is 2.07. The lowest BCUT2D eigenvalue weighted by Gasteiger charge is -2.05. The summed E-state index contributed by atoms with van der Waals surface area (Å²) in [7, 11) is 1.72. The minimum atomic E-state index is 0.975. The van der Waals surface area contributed by atoms with Crippen molar-refractivity contribution in [2.75, 3.05) is 13.4 Å². The van der Waals surface area contributed by atoms with Gasteiger partial charge < -0.3 is 4.74 Å². The molecule has 1 aromatic carbocycles. The smallest absolute Gasteiger partial charge is 0.133 e. The third kappa shape index (κ3) is 1.62. The van der Waals surface area contributed by atoms with Crippen molar-refractivity contribution in [3.8, 4) is 5.75 Å². The van der Waals surface area contributed by atoms with Crippen LogP contribution in [-0.4, -0.2) is 13.4 Å². The summed E-state index contributed by atoms with van der Waals surface area (Å²) >= 11 is 3.56. The number of rotatable bonds is 2. The molecule has 1 nitrogen and oxygen atoms in total. The average Bonchev–Trinajstić information content (AvgIpc) is 2.54. The van der Waals surface area contributed by atoms with E-state index < -0.39 is 0 Å². The first-order valence-electron chi connectivity index (χ1n) is 4.37. The summed E-state index contributed by atoms with van der Waals surface area (Å²) in [4.78, 5) is 2.56. The van der Waals surface area contributed by atoms with Crippen LogP contribution in [0.4, 0.5) is 0 Å². The largest absolute Gasteiger partial charge is 0.496 e. The molecule has 0 spiro atoms. The van der Waals surface area contributed by atoms with E-state index in [1.807, 2.05) is 11.3 Å². The molecular weight excluding hydrogens is 212 g/mol. The molecule has 0 amide bonds. The Balaban J connectivity index is 2.68. The summed E-state index contributed by atoms with van der Waals surface area (Å²) in [5, 5.41) is 1.28. The number of thiophene rings is 1. The minimum Gasteiger partial charge on any atom is -0.496 e.